The second kappa shape index (κ2) is 8.94. The number of aromatic nitrogens is 2. The lowest BCUT2D eigenvalue weighted by molar-refractivity contribution is -0.274. The summed E-state index contributed by atoms with van der Waals surface area (Å²) >= 11 is 1.30. The number of amides is 1. The van der Waals surface area contributed by atoms with Crippen LogP contribution in [-0.4, -0.2) is 28.5 Å². The van der Waals surface area contributed by atoms with Crippen LogP contribution < -0.4 is 15.6 Å². The van der Waals surface area contributed by atoms with Crippen molar-refractivity contribution < 1.29 is 22.7 Å². The molecule has 0 saturated heterocycles. The maximum Gasteiger partial charge on any atom is 0.573 e. The highest BCUT2D eigenvalue weighted by Gasteiger charge is 2.31. The van der Waals surface area contributed by atoms with E-state index >= 15 is 0 Å². The van der Waals surface area contributed by atoms with Crippen molar-refractivity contribution in [1.29, 1.82) is 0 Å². The largest absolute Gasteiger partial charge is 0.573 e. The Balaban J connectivity index is 1.96. The minimum absolute atomic E-state index is 0.00646. The number of aromatic amines is 1. The van der Waals surface area contributed by atoms with Gasteiger partial charge in [0.05, 0.1) is 0 Å². The summed E-state index contributed by atoms with van der Waals surface area (Å²) in [6.45, 7) is 1.57. The van der Waals surface area contributed by atoms with Crippen molar-refractivity contribution in [2.75, 3.05) is 6.26 Å². The molecule has 2 N–H and O–H groups in total. The van der Waals surface area contributed by atoms with E-state index in [-0.39, 0.29) is 36.3 Å². The predicted molar refractivity (Wildman–Crippen MR) is 94.7 cm³/mol. The van der Waals surface area contributed by atoms with E-state index in [1.807, 2.05) is 0 Å². The number of hydrogen-bond acceptors (Lipinski definition) is 5. The Morgan fingerprint density at radius 1 is 1.33 bits per heavy atom. The van der Waals surface area contributed by atoms with Gasteiger partial charge in [0.15, 0.2) is 5.16 Å². The lowest BCUT2D eigenvalue weighted by Crippen LogP contribution is -2.26. The molecule has 0 unspecified atom stereocenters. The zero-order chi connectivity index (χ0) is 20.0. The Morgan fingerprint density at radius 3 is 2.67 bits per heavy atom. The number of nitrogens with zero attached hydrogens (tertiary/aromatic N) is 1. The molecular formula is C17H18F3N3O3S. The number of carbonyl (C=O) groups excluding carboxylic acids is 1. The predicted octanol–water partition coefficient (Wildman–Crippen LogP) is 2.95. The number of hydrogen-bond donors (Lipinski definition) is 2. The summed E-state index contributed by atoms with van der Waals surface area (Å²) in [6, 6.07) is 5.57. The molecule has 2 aromatic rings. The van der Waals surface area contributed by atoms with Crippen molar-refractivity contribution in [3.63, 3.8) is 0 Å². The molecule has 0 atom stereocenters. The van der Waals surface area contributed by atoms with Crippen LogP contribution >= 0.6 is 11.8 Å². The van der Waals surface area contributed by atoms with E-state index in [0.29, 0.717) is 16.4 Å². The van der Waals surface area contributed by atoms with Crippen LogP contribution in [-0.2, 0) is 17.8 Å². The van der Waals surface area contributed by atoms with Gasteiger partial charge in [-0.25, -0.2) is 4.98 Å². The number of aryl methyl sites for hydroxylation is 1. The van der Waals surface area contributed by atoms with Crippen molar-refractivity contribution in [2.24, 2.45) is 0 Å². The highest BCUT2D eigenvalue weighted by molar-refractivity contribution is 7.98. The molecule has 27 heavy (non-hydrogen) atoms. The van der Waals surface area contributed by atoms with Gasteiger partial charge in [-0.15, -0.1) is 13.2 Å². The number of halogens is 3. The third kappa shape index (κ3) is 6.31. The lowest BCUT2D eigenvalue weighted by Gasteiger charge is -2.13. The van der Waals surface area contributed by atoms with Gasteiger partial charge in [-0.3, -0.25) is 9.59 Å². The van der Waals surface area contributed by atoms with Crippen LogP contribution in [0.2, 0.25) is 0 Å². The van der Waals surface area contributed by atoms with Crippen LogP contribution in [0.4, 0.5) is 13.2 Å². The second-order valence-electron chi connectivity index (χ2n) is 5.57. The molecule has 1 amide bonds. The molecule has 0 fully saturated rings. The topological polar surface area (TPSA) is 84.1 Å². The van der Waals surface area contributed by atoms with E-state index in [1.165, 1.54) is 30.0 Å². The summed E-state index contributed by atoms with van der Waals surface area (Å²) in [7, 11) is 0. The number of ether oxygens (including phenoxy) is 1. The van der Waals surface area contributed by atoms with E-state index < -0.39 is 12.3 Å². The van der Waals surface area contributed by atoms with Crippen LogP contribution in [0.1, 0.15) is 23.2 Å². The third-order valence-electron chi connectivity index (χ3n) is 3.67. The zero-order valence-electron chi connectivity index (χ0n) is 14.6. The number of carbonyl (C=O) groups is 1. The molecule has 6 nitrogen and oxygen atoms in total. The normalized spacial score (nSPS) is 11.3. The molecule has 0 aliphatic rings. The number of rotatable bonds is 7. The highest BCUT2D eigenvalue weighted by atomic mass is 32.2. The minimum atomic E-state index is -4.81. The molecule has 0 saturated carbocycles. The van der Waals surface area contributed by atoms with Gasteiger partial charge in [-0.2, -0.15) is 0 Å². The SMILES string of the molecule is CSc1nc(C)c(CCC(=O)NCc2ccccc2OC(F)(F)F)c(=O)[nH]1. The first-order valence-corrected chi connectivity index (χ1v) is 9.16. The van der Waals surface area contributed by atoms with Gasteiger partial charge in [-0.1, -0.05) is 30.0 Å². The van der Waals surface area contributed by atoms with Gasteiger partial charge in [0.1, 0.15) is 5.75 Å². The van der Waals surface area contributed by atoms with E-state index in [9.17, 15) is 22.8 Å². The molecule has 10 heteroatoms. The smallest absolute Gasteiger partial charge is 0.405 e. The maximum atomic E-state index is 12.4. The molecule has 0 spiro atoms. The van der Waals surface area contributed by atoms with E-state index in [4.69, 9.17) is 0 Å². The zero-order valence-corrected chi connectivity index (χ0v) is 15.5. The average molecular weight is 401 g/mol. The summed E-state index contributed by atoms with van der Waals surface area (Å²) in [6.07, 6.45) is -2.85. The van der Waals surface area contributed by atoms with Crippen molar-refractivity contribution in [3.05, 3.63) is 51.4 Å². The Hall–Kier alpha value is -2.49. The van der Waals surface area contributed by atoms with Crippen molar-refractivity contribution >= 4 is 17.7 Å². The molecule has 0 aliphatic carbocycles. The first kappa shape index (κ1) is 20.8. The summed E-state index contributed by atoms with van der Waals surface area (Å²) < 4.78 is 41.2. The fourth-order valence-electron chi connectivity index (χ4n) is 2.37. The minimum Gasteiger partial charge on any atom is -0.405 e. The number of H-pyrrole nitrogens is 1. The quantitative estimate of drug-likeness (QED) is 0.551. The molecule has 0 bridgehead atoms. The van der Waals surface area contributed by atoms with Crippen LogP contribution in [0.15, 0.2) is 34.2 Å². The van der Waals surface area contributed by atoms with Gasteiger partial charge in [-0.05, 0) is 25.7 Å². The van der Waals surface area contributed by atoms with Crippen LogP contribution in [0.5, 0.6) is 5.75 Å². The molecule has 1 aromatic heterocycles. The fourth-order valence-corrected chi connectivity index (χ4v) is 2.79. The van der Waals surface area contributed by atoms with Gasteiger partial charge in [0.2, 0.25) is 5.91 Å². The summed E-state index contributed by atoms with van der Waals surface area (Å²) in [4.78, 5) is 30.9. The summed E-state index contributed by atoms with van der Waals surface area (Å²) in [5, 5.41) is 3.03. The standard InChI is InChI=1S/C17H18F3N3O3S/c1-10-12(15(25)23-16(22-10)27-2)7-8-14(24)21-9-11-5-3-4-6-13(11)26-17(18,19)20/h3-6H,7-9H2,1-2H3,(H,21,24)(H,22,23,25). The van der Waals surface area contributed by atoms with Gasteiger partial charge in [0, 0.05) is 29.8 Å². The maximum absolute atomic E-state index is 12.4. The molecular weight excluding hydrogens is 383 g/mol. The summed E-state index contributed by atoms with van der Waals surface area (Å²) in [5.41, 5.74) is 0.843. The molecule has 2 rings (SSSR count). The van der Waals surface area contributed by atoms with Crippen molar-refractivity contribution in [1.82, 2.24) is 15.3 Å². The van der Waals surface area contributed by atoms with E-state index in [1.54, 1.807) is 19.2 Å². The summed E-state index contributed by atoms with van der Waals surface area (Å²) in [5.74, 6) is -0.765. The number of benzene rings is 1. The van der Waals surface area contributed by atoms with E-state index in [0.717, 1.165) is 0 Å². The van der Waals surface area contributed by atoms with Crippen LogP contribution in [0.25, 0.3) is 0 Å². The van der Waals surface area contributed by atoms with Crippen molar-refractivity contribution in [2.45, 2.75) is 37.8 Å². The van der Waals surface area contributed by atoms with Gasteiger partial charge >= 0.3 is 6.36 Å². The highest BCUT2D eigenvalue weighted by Crippen LogP contribution is 2.26. The second-order valence-corrected chi connectivity index (χ2v) is 6.37. The monoisotopic (exact) mass is 401 g/mol. The lowest BCUT2D eigenvalue weighted by atomic mass is 10.1. The fraction of sp³-hybridized carbons (Fsp3) is 0.353. The van der Waals surface area contributed by atoms with E-state index in [2.05, 4.69) is 20.0 Å². The molecule has 1 heterocycles. The number of thioether (sulfide) groups is 1. The Labute approximate surface area is 157 Å². The Morgan fingerprint density at radius 2 is 2.04 bits per heavy atom. The molecule has 0 radical (unpaired) electrons. The number of para-hydroxylation sites is 1. The number of alkyl halides is 3. The van der Waals surface area contributed by atoms with Gasteiger partial charge in [0.25, 0.3) is 5.56 Å². The third-order valence-corrected chi connectivity index (χ3v) is 4.25. The molecule has 1 aromatic carbocycles. The molecule has 146 valence electrons. The number of nitrogens with one attached hydrogen (secondary N) is 2. The molecule has 0 aliphatic heterocycles. The average Bonchev–Trinajstić information content (AvgIpc) is 2.58. The Bertz CT molecular complexity index is 868. The van der Waals surface area contributed by atoms with Crippen LogP contribution in [0, 0.1) is 6.92 Å². The first-order valence-electron chi connectivity index (χ1n) is 7.93. The van der Waals surface area contributed by atoms with Crippen LogP contribution in [0.3, 0.4) is 0 Å². The van der Waals surface area contributed by atoms with Crippen molar-refractivity contribution in [3.8, 4) is 5.75 Å². The van der Waals surface area contributed by atoms with Gasteiger partial charge < -0.3 is 15.0 Å². The first-order chi connectivity index (χ1) is 12.7. The Kier molecular flexibility index (Phi) is 6.89.